The summed E-state index contributed by atoms with van der Waals surface area (Å²) in [6.45, 7) is 2.23. The number of H-pyrrole nitrogens is 1. The van der Waals surface area contributed by atoms with Crippen molar-refractivity contribution in [2.45, 2.75) is 18.9 Å². The van der Waals surface area contributed by atoms with Crippen molar-refractivity contribution < 1.29 is 14.3 Å². The molecule has 34 heavy (non-hydrogen) atoms. The normalized spacial score (nSPS) is 19.6. The largest absolute Gasteiger partial charge is 0.497 e. The van der Waals surface area contributed by atoms with Gasteiger partial charge in [-0.2, -0.15) is 5.10 Å². The number of carbonyl (C=O) groups is 1. The van der Waals surface area contributed by atoms with Gasteiger partial charge in [0.15, 0.2) is 0 Å². The van der Waals surface area contributed by atoms with Gasteiger partial charge in [-0.05, 0) is 68.4 Å². The SMILES string of the molecule is COc1ccc2c(c1)CC(C(=O)Nc1ccc(-c3cn[nH]c3)cc1N1CCC(N(C)C)C1)CO2. The van der Waals surface area contributed by atoms with Crippen LogP contribution in [0, 0.1) is 5.92 Å². The van der Waals surface area contributed by atoms with E-state index < -0.39 is 0 Å². The summed E-state index contributed by atoms with van der Waals surface area (Å²) in [5.74, 6) is 1.29. The molecule has 0 spiro atoms. The minimum absolute atomic E-state index is 0.0332. The summed E-state index contributed by atoms with van der Waals surface area (Å²) in [7, 11) is 5.88. The van der Waals surface area contributed by atoms with Crippen molar-refractivity contribution in [3.63, 3.8) is 0 Å². The molecule has 2 atom stereocenters. The number of ether oxygens (including phenoxy) is 2. The highest BCUT2D eigenvalue weighted by Crippen LogP contribution is 2.36. The lowest BCUT2D eigenvalue weighted by Gasteiger charge is -2.27. The third kappa shape index (κ3) is 4.46. The quantitative estimate of drug-likeness (QED) is 0.585. The number of benzene rings is 2. The number of amides is 1. The van der Waals surface area contributed by atoms with Crippen LogP contribution in [0.25, 0.3) is 11.1 Å². The Bertz CT molecular complexity index is 1160. The summed E-state index contributed by atoms with van der Waals surface area (Å²) in [5, 5.41) is 10.2. The van der Waals surface area contributed by atoms with Gasteiger partial charge < -0.3 is 24.6 Å². The van der Waals surface area contributed by atoms with Crippen LogP contribution >= 0.6 is 0 Å². The number of fused-ring (bicyclic) bond motifs is 1. The van der Waals surface area contributed by atoms with E-state index >= 15 is 0 Å². The van der Waals surface area contributed by atoms with Crippen LogP contribution in [0.3, 0.4) is 0 Å². The van der Waals surface area contributed by atoms with Crippen LogP contribution in [0.15, 0.2) is 48.8 Å². The van der Waals surface area contributed by atoms with Gasteiger partial charge in [0.05, 0.1) is 30.6 Å². The summed E-state index contributed by atoms with van der Waals surface area (Å²) >= 11 is 0. The van der Waals surface area contributed by atoms with Gasteiger partial charge in [-0.1, -0.05) is 6.07 Å². The Labute approximate surface area is 199 Å². The maximum absolute atomic E-state index is 13.3. The molecule has 2 unspecified atom stereocenters. The van der Waals surface area contributed by atoms with Gasteiger partial charge in [-0.3, -0.25) is 9.89 Å². The molecule has 2 aliphatic rings. The topological polar surface area (TPSA) is 82.7 Å². The second-order valence-electron chi connectivity index (χ2n) is 9.25. The lowest BCUT2D eigenvalue weighted by molar-refractivity contribution is -0.121. The number of carbonyl (C=O) groups excluding carboxylic acids is 1. The Kier molecular flexibility index (Phi) is 6.15. The molecular formula is C26H31N5O3. The smallest absolute Gasteiger partial charge is 0.231 e. The molecule has 3 heterocycles. The monoisotopic (exact) mass is 461 g/mol. The minimum Gasteiger partial charge on any atom is -0.497 e. The van der Waals surface area contributed by atoms with Crippen LogP contribution in [0.5, 0.6) is 11.5 Å². The number of hydrogen-bond donors (Lipinski definition) is 2. The Morgan fingerprint density at radius 1 is 1.24 bits per heavy atom. The van der Waals surface area contributed by atoms with E-state index in [0.717, 1.165) is 59.1 Å². The molecule has 1 saturated heterocycles. The van der Waals surface area contributed by atoms with E-state index in [-0.39, 0.29) is 11.8 Å². The van der Waals surface area contributed by atoms with Crippen LogP contribution < -0.4 is 19.7 Å². The standard InChI is InChI=1S/C26H31N5O3/c1-30(2)21-8-9-31(15-21)24-12-17(20-13-27-28-14-20)4-6-23(24)29-26(32)19-10-18-11-22(33-3)5-7-25(18)34-16-19/h4-7,11-14,19,21H,8-10,15-16H2,1-3H3,(H,27,28)(H,29,32). The lowest BCUT2D eigenvalue weighted by Crippen LogP contribution is -2.34. The van der Waals surface area contributed by atoms with Crippen molar-refractivity contribution in [1.29, 1.82) is 0 Å². The summed E-state index contributed by atoms with van der Waals surface area (Å²) in [5.41, 5.74) is 4.95. The molecule has 0 bridgehead atoms. The summed E-state index contributed by atoms with van der Waals surface area (Å²) in [6.07, 6.45) is 5.41. The first-order valence-corrected chi connectivity index (χ1v) is 11.7. The van der Waals surface area contributed by atoms with Crippen LogP contribution in [0.1, 0.15) is 12.0 Å². The fourth-order valence-corrected chi connectivity index (χ4v) is 4.77. The Morgan fingerprint density at radius 2 is 2.12 bits per heavy atom. The number of nitrogens with zero attached hydrogens (tertiary/aromatic N) is 3. The molecule has 3 aromatic rings. The van der Waals surface area contributed by atoms with E-state index in [1.807, 2.05) is 42.7 Å². The number of rotatable bonds is 6. The summed E-state index contributed by atoms with van der Waals surface area (Å²) < 4.78 is 11.2. The minimum atomic E-state index is -0.269. The highest BCUT2D eigenvalue weighted by Gasteiger charge is 2.29. The second-order valence-corrected chi connectivity index (χ2v) is 9.25. The molecule has 0 radical (unpaired) electrons. The summed E-state index contributed by atoms with van der Waals surface area (Å²) in [4.78, 5) is 18.0. The van der Waals surface area contributed by atoms with E-state index in [9.17, 15) is 4.79 Å². The molecule has 1 aromatic heterocycles. The second kappa shape index (κ2) is 9.38. The number of hydrogen-bond acceptors (Lipinski definition) is 6. The molecule has 1 amide bonds. The fraction of sp³-hybridized carbons (Fsp3) is 0.385. The third-order valence-corrected chi connectivity index (χ3v) is 6.87. The predicted molar refractivity (Wildman–Crippen MR) is 133 cm³/mol. The van der Waals surface area contributed by atoms with E-state index in [0.29, 0.717) is 19.1 Å². The number of anilines is 2. The van der Waals surface area contributed by atoms with Crippen molar-refractivity contribution in [3.05, 3.63) is 54.4 Å². The van der Waals surface area contributed by atoms with E-state index in [2.05, 4.69) is 45.5 Å². The first-order chi connectivity index (χ1) is 16.5. The average molecular weight is 462 g/mol. The van der Waals surface area contributed by atoms with E-state index in [4.69, 9.17) is 9.47 Å². The number of aromatic nitrogens is 2. The van der Waals surface area contributed by atoms with E-state index in [1.54, 1.807) is 7.11 Å². The molecule has 5 rings (SSSR count). The highest BCUT2D eigenvalue weighted by atomic mass is 16.5. The van der Waals surface area contributed by atoms with Crippen LogP contribution in [0.4, 0.5) is 11.4 Å². The van der Waals surface area contributed by atoms with Gasteiger partial charge in [-0.15, -0.1) is 0 Å². The van der Waals surface area contributed by atoms with Gasteiger partial charge in [-0.25, -0.2) is 0 Å². The third-order valence-electron chi connectivity index (χ3n) is 6.87. The number of likely N-dealkylation sites (N-methyl/N-ethyl adjacent to an activating group) is 1. The van der Waals surface area contributed by atoms with Gasteiger partial charge in [0.1, 0.15) is 18.1 Å². The number of nitrogens with one attached hydrogen (secondary N) is 2. The van der Waals surface area contributed by atoms with Crippen molar-refractivity contribution in [2.24, 2.45) is 5.92 Å². The van der Waals surface area contributed by atoms with Crippen LogP contribution in [-0.2, 0) is 11.2 Å². The highest BCUT2D eigenvalue weighted by molar-refractivity contribution is 5.97. The van der Waals surface area contributed by atoms with Gasteiger partial charge >= 0.3 is 0 Å². The van der Waals surface area contributed by atoms with Crippen molar-refractivity contribution in [2.75, 3.05) is 51.1 Å². The zero-order chi connectivity index (χ0) is 23.7. The Morgan fingerprint density at radius 3 is 2.85 bits per heavy atom. The van der Waals surface area contributed by atoms with Crippen molar-refractivity contribution in [3.8, 4) is 22.6 Å². The van der Waals surface area contributed by atoms with E-state index in [1.165, 1.54) is 0 Å². The maximum Gasteiger partial charge on any atom is 0.231 e. The van der Waals surface area contributed by atoms with Crippen molar-refractivity contribution >= 4 is 17.3 Å². The molecule has 178 valence electrons. The van der Waals surface area contributed by atoms with Gasteiger partial charge in [0.25, 0.3) is 0 Å². The maximum atomic E-state index is 13.3. The van der Waals surface area contributed by atoms with Gasteiger partial charge in [0, 0.05) is 30.9 Å². The fourth-order valence-electron chi connectivity index (χ4n) is 4.77. The molecule has 2 aliphatic heterocycles. The number of methoxy groups -OCH3 is 1. The van der Waals surface area contributed by atoms with Crippen molar-refractivity contribution in [1.82, 2.24) is 15.1 Å². The first-order valence-electron chi connectivity index (χ1n) is 11.7. The molecule has 0 aliphatic carbocycles. The van der Waals surface area contributed by atoms with Crippen LogP contribution in [-0.4, -0.2) is 67.9 Å². The zero-order valence-electron chi connectivity index (χ0n) is 19.9. The first kappa shape index (κ1) is 22.3. The molecular weight excluding hydrogens is 430 g/mol. The molecule has 8 nitrogen and oxygen atoms in total. The molecule has 2 N–H and O–H groups in total. The van der Waals surface area contributed by atoms with Gasteiger partial charge in [0.2, 0.25) is 5.91 Å². The predicted octanol–water partition coefficient (Wildman–Crippen LogP) is 3.42. The summed E-state index contributed by atoms with van der Waals surface area (Å²) in [6, 6.07) is 12.4. The molecule has 1 fully saturated rings. The molecule has 8 heteroatoms. The van der Waals surface area contributed by atoms with Crippen LogP contribution in [0.2, 0.25) is 0 Å². The average Bonchev–Trinajstić information content (AvgIpc) is 3.56. The lowest BCUT2D eigenvalue weighted by atomic mass is 9.95. The number of aromatic amines is 1. The molecule has 2 aromatic carbocycles. The molecule has 0 saturated carbocycles. The Hall–Kier alpha value is -3.52. The Balaban J connectivity index is 1.39. The zero-order valence-corrected chi connectivity index (χ0v) is 19.9.